The Kier molecular flexibility index (Phi) is 5.22. The van der Waals surface area contributed by atoms with E-state index in [1.54, 1.807) is 45.2 Å². The van der Waals surface area contributed by atoms with E-state index in [-0.39, 0.29) is 5.75 Å². The number of hydrogen-bond donors (Lipinski definition) is 1. The SMILES string of the molecule is COc1cc(OC)c(CSc2ccc(O)cc2)c(OC)c1. The van der Waals surface area contributed by atoms with Gasteiger partial charge in [-0.25, -0.2) is 0 Å². The predicted molar refractivity (Wildman–Crippen MR) is 83.8 cm³/mol. The van der Waals surface area contributed by atoms with Gasteiger partial charge in [0.1, 0.15) is 23.0 Å². The van der Waals surface area contributed by atoms with Crippen LogP contribution in [0.4, 0.5) is 0 Å². The summed E-state index contributed by atoms with van der Waals surface area (Å²) in [5, 5.41) is 9.30. The topological polar surface area (TPSA) is 47.9 Å². The highest BCUT2D eigenvalue weighted by Gasteiger charge is 2.13. The Morgan fingerprint density at radius 3 is 1.95 bits per heavy atom. The van der Waals surface area contributed by atoms with Gasteiger partial charge in [0, 0.05) is 28.3 Å². The quantitative estimate of drug-likeness (QED) is 0.824. The van der Waals surface area contributed by atoms with Gasteiger partial charge in [-0.05, 0) is 24.3 Å². The number of aromatic hydroxyl groups is 1. The molecule has 0 aliphatic carbocycles. The molecule has 0 saturated carbocycles. The molecule has 5 heteroatoms. The van der Waals surface area contributed by atoms with Crippen LogP contribution in [0.15, 0.2) is 41.3 Å². The van der Waals surface area contributed by atoms with Crippen molar-refractivity contribution in [1.82, 2.24) is 0 Å². The van der Waals surface area contributed by atoms with E-state index < -0.39 is 0 Å². The number of phenolic OH excluding ortho intramolecular Hbond substituents is 1. The second-order valence-electron chi connectivity index (χ2n) is 4.29. The first-order valence-corrected chi connectivity index (χ1v) is 7.37. The third-order valence-electron chi connectivity index (χ3n) is 3.04. The Hall–Kier alpha value is -2.01. The Labute approximate surface area is 128 Å². The maximum atomic E-state index is 9.30. The summed E-state index contributed by atoms with van der Waals surface area (Å²) < 4.78 is 16.1. The van der Waals surface area contributed by atoms with Gasteiger partial charge in [0.15, 0.2) is 0 Å². The zero-order valence-electron chi connectivity index (χ0n) is 12.3. The first-order valence-electron chi connectivity index (χ1n) is 6.38. The van der Waals surface area contributed by atoms with E-state index in [0.717, 1.165) is 22.0 Å². The van der Waals surface area contributed by atoms with Crippen LogP contribution in [0, 0.1) is 0 Å². The van der Waals surface area contributed by atoms with Gasteiger partial charge in [0.25, 0.3) is 0 Å². The second kappa shape index (κ2) is 7.13. The largest absolute Gasteiger partial charge is 0.508 e. The molecule has 2 rings (SSSR count). The van der Waals surface area contributed by atoms with Crippen molar-refractivity contribution in [3.8, 4) is 23.0 Å². The smallest absolute Gasteiger partial charge is 0.130 e. The van der Waals surface area contributed by atoms with Crippen molar-refractivity contribution in [3.63, 3.8) is 0 Å². The molecule has 4 nitrogen and oxygen atoms in total. The minimum absolute atomic E-state index is 0.263. The Bertz CT molecular complexity index is 571. The summed E-state index contributed by atoms with van der Waals surface area (Å²) in [5.74, 6) is 3.12. The normalized spacial score (nSPS) is 10.2. The van der Waals surface area contributed by atoms with E-state index >= 15 is 0 Å². The van der Waals surface area contributed by atoms with Gasteiger partial charge < -0.3 is 19.3 Å². The molecule has 112 valence electrons. The van der Waals surface area contributed by atoms with E-state index in [4.69, 9.17) is 14.2 Å². The molecule has 0 spiro atoms. The molecule has 2 aromatic carbocycles. The van der Waals surface area contributed by atoms with E-state index in [0.29, 0.717) is 11.5 Å². The number of phenols is 1. The molecule has 0 aliphatic heterocycles. The number of ether oxygens (including phenoxy) is 3. The van der Waals surface area contributed by atoms with Gasteiger partial charge in [-0.2, -0.15) is 0 Å². The Morgan fingerprint density at radius 2 is 1.48 bits per heavy atom. The van der Waals surface area contributed by atoms with E-state index in [9.17, 15) is 5.11 Å². The maximum absolute atomic E-state index is 9.30. The van der Waals surface area contributed by atoms with Crippen molar-refractivity contribution in [1.29, 1.82) is 0 Å². The molecule has 0 radical (unpaired) electrons. The summed E-state index contributed by atoms with van der Waals surface area (Å²) in [6.07, 6.45) is 0. The third kappa shape index (κ3) is 3.76. The van der Waals surface area contributed by atoms with Crippen LogP contribution < -0.4 is 14.2 Å². The minimum Gasteiger partial charge on any atom is -0.508 e. The standard InChI is InChI=1S/C16H18O4S/c1-18-12-8-15(19-2)14(16(9-12)20-3)10-21-13-6-4-11(17)5-7-13/h4-9,17H,10H2,1-3H3. The fourth-order valence-electron chi connectivity index (χ4n) is 1.92. The molecule has 2 aromatic rings. The van der Waals surface area contributed by atoms with Crippen molar-refractivity contribution < 1.29 is 19.3 Å². The van der Waals surface area contributed by atoms with Crippen molar-refractivity contribution in [2.45, 2.75) is 10.6 Å². The van der Waals surface area contributed by atoms with Gasteiger partial charge in [-0.3, -0.25) is 0 Å². The zero-order valence-corrected chi connectivity index (χ0v) is 13.1. The van der Waals surface area contributed by atoms with Crippen molar-refractivity contribution >= 4 is 11.8 Å². The minimum atomic E-state index is 0.263. The van der Waals surface area contributed by atoms with Gasteiger partial charge in [0.05, 0.1) is 21.3 Å². The average Bonchev–Trinajstić information content (AvgIpc) is 2.53. The summed E-state index contributed by atoms with van der Waals surface area (Å²) in [6.45, 7) is 0. The molecule has 1 N–H and O–H groups in total. The summed E-state index contributed by atoms with van der Waals surface area (Å²) in [6, 6.07) is 10.8. The van der Waals surface area contributed by atoms with Crippen LogP contribution in [-0.2, 0) is 5.75 Å². The lowest BCUT2D eigenvalue weighted by Crippen LogP contribution is -1.97. The molecular formula is C16H18O4S. The fourth-order valence-corrected chi connectivity index (χ4v) is 2.84. The molecule has 0 fully saturated rings. The highest BCUT2D eigenvalue weighted by molar-refractivity contribution is 7.98. The molecule has 0 heterocycles. The maximum Gasteiger partial charge on any atom is 0.130 e. The molecular weight excluding hydrogens is 288 g/mol. The number of methoxy groups -OCH3 is 3. The third-order valence-corrected chi connectivity index (χ3v) is 4.08. The first-order chi connectivity index (χ1) is 10.2. The highest BCUT2D eigenvalue weighted by atomic mass is 32.2. The average molecular weight is 306 g/mol. The molecule has 0 amide bonds. The lowest BCUT2D eigenvalue weighted by molar-refractivity contribution is 0.371. The summed E-state index contributed by atoms with van der Waals surface area (Å²) >= 11 is 1.64. The number of benzene rings is 2. The van der Waals surface area contributed by atoms with Crippen molar-refractivity contribution in [2.75, 3.05) is 21.3 Å². The predicted octanol–water partition coefficient (Wildman–Crippen LogP) is 3.71. The lowest BCUT2D eigenvalue weighted by atomic mass is 10.2. The lowest BCUT2D eigenvalue weighted by Gasteiger charge is -2.14. The van der Waals surface area contributed by atoms with Gasteiger partial charge >= 0.3 is 0 Å². The van der Waals surface area contributed by atoms with Crippen LogP contribution in [0.25, 0.3) is 0 Å². The van der Waals surface area contributed by atoms with Gasteiger partial charge in [0.2, 0.25) is 0 Å². The Morgan fingerprint density at radius 1 is 0.905 bits per heavy atom. The van der Waals surface area contributed by atoms with Crippen LogP contribution in [0.5, 0.6) is 23.0 Å². The van der Waals surface area contributed by atoms with Crippen molar-refractivity contribution in [3.05, 3.63) is 42.0 Å². The van der Waals surface area contributed by atoms with E-state index in [2.05, 4.69) is 0 Å². The monoisotopic (exact) mass is 306 g/mol. The zero-order chi connectivity index (χ0) is 15.2. The first kappa shape index (κ1) is 15.4. The van der Waals surface area contributed by atoms with Crippen LogP contribution in [0.3, 0.4) is 0 Å². The van der Waals surface area contributed by atoms with Crippen LogP contribution in [-0.4, -0.2) is 26.4 Å². The number of hydrogen-bond acceptors (Lipinski definition) is 5. The molecule has 0 aromatic heterocycles. The van der Waals surface area contributed by atoms with Crippen LogP contribution in [0.1, 0.15) is 5.56 Å². The molecule has 0 bridgehead atoms. The van der Waals surface area contributed by atoms with E-state index in [1.165, 1.54) is 0 Å². The fraction of sp³-hybridized carbons (Fsp3) is 0.250. The molecule has 0 saturated heterocycles. The summed E-state index contributed by atoms with van der Waals surface area (Å²) in [4.78, 5) is 1.06. The van der Waals surface area contributed by atoms with Crippen molar-refractivity contribution in [2.24, 2.45) is 0 Å². The van der Waals surface area contributed by atoms with E-state index in [1.807, 2.05) is 24.3 Å². The second-order valence-corrected chi connectivity index (χ2v) is 5.34. The number of rotatable bonds is 6. The molecule has 0 atom stereocenters. The van der Waals surface area contributed by atoms with Crippen LogP contribution in [0.2, 0.25) is 0 Å². The highest BCUT2D eigenvalue weighted by Crippen LogP contribution is 2.38. The molecule has 0 aliphatic rings. The summed E-state index contributed by atoms with van der Waals surface area (Å²) in [7, 11) is 4.87. The Balaban J connectivity index is 2.23. The molecule has 0 unspecified atom stereocenters. The number of thioether (sulfide) groups is 1. The van der Waals surface area contributed by atoms with Crippen LogP contribution >= 0.6 is 11.8 Å². The van der Waals surface area contributed by atoms with Gasteiger partial charge in [-0.1, -0.05) is 0 Å². The summed E-state index contributed by atoms with van der Waals surface area (Å²) in [5.41, 5.74) is 0.971. The van der Waals surface area contributed by atoms with Gasteiger partial charge in [-0.15, -0.1) is 11.8 Å². The molecule has 21 heavy (non-hydrogen) atoms.